The van der Waals surface area contributed by atoms with E-state index in [1.807, 2.05) is 24.3 Å². The molecule has 5 heteroatoms. The summed E-state index contributed by atoms with van der Waals surface area (Å²) in [4.78, 5) is 24.0. The standard InChI is InChI=1S/C29H40O5/c1-3-5-6-7-8-14-20-26(30)21-15-9-10-16-22-27(23-17-24-28(31)33-4-2)34-29(32)25-18-12-11-13-19-25/h8-16,18-19,21-22,26-27,30H,3-7,17,20,23-24H2,1-2H3/b10-9?,14-8-,21-15+,22-16?/t26-,27-/m1/s1. The molecule has 1 aromatic rings. The van der Waals surface area contributed by atoms with Crippen LogP contribution in [0.1, 0.15) is 75.6 Å². The Bertz CT molecular complexity index is 792. The first kappa shape index (κ1) is 29.1. The molecule has 0 unspecified atom stereocenters. The van der Waals surface area contributed by atoms with Crippen molar-refractivity contribution < 1.29 is 24.2 Å². The van der Waals surface area contributed by atoms with Crippen LogP contribution >= 0.6 is 0 Å². The number of benzene rings is 1. The largest absolute Gasteiger partial charge is 0.466 e. The van der Waals surface area contributed by atoms with E-state index < -0.39 is 18.2 Å². The summed E-state index contributed by atoms with van der Waals surface area (Å²) < 4.78 is 10.6. The molecule has 0 spiro atoms. The molecule has 34 heavy (non-hydrogen) atoms. The number of carbonyl (C=O) groups excluding carboxylic acids is 2. The van der Waals surface area contributed by atoms with E-state index in [0.29, 0.717) is 31.4 Å². The number of carbonyl (C=O) groups is 2. The molecule has 0 heterocycles. The molecule has 1 aromatic carbocycles. The molecule has 0 aromatic heterocycles. The van der Waals surface area contributed by atoms with Crippen molar-refractivity contribution in [2.75, 3.05) is 6.61 Å². The van der Waals surface area contributed by atoms with Gasteiger partial charge >= 0.3 is 11.9 Å². The Balaban J connectivity index is 2.54. The predicted octanol–water partition coefficient (Wildman–Crippen LogP) is 6.50. The topological polar surface area (TPSA) is 72.8 Å². The lowest BCUT2D eigenvalue weighted by Crippen LogP contribution is -2.17. The van der Waals surface area contributed by atoms with E-state index in [-0.39, 0.29) is 12.4 Å². The maximum absolute atomic E-state index is 12.4. The minimum absolute atomic E-state index is 0.251. The van der Waals surface area contributed by atoms with Crippen LogP contribution < -0.4 is 0 Å². The van der Waals surface area contributed by atoms with Crippen LogP contribution in [0, 0.1) is 0 Å². The van der Waals surface area contributed by atoms with Crippen LogP contribution in [0.5, 0.6) is 0 Å². The Hall–Kier alpha value is -2.92. The fraction of sp³-hybridized carbons (Fsp3) is 0.448. The molecule has 0 bridgehead atoms. The molecular formula is C29H40O5. The van der Waals surface area contributed by atoms with Crippen LogP contribution in [0.25, 0.3) is 0 Å². The van der Waals surface area contributed by atoms with Gasteiger partial charge in [0.2, 0.25) is 0 Å². The summed E-state index contributed by atoms with van der Waals surface area (Å²) in [6.07, 6.45) is 20.6. The number of hydrogen-bond acceptors (Lipinski definition) is 5. The molecule has 5 nitrogen and oxygen atoms in total. The average Bonchev–Trinajstić information content (AvgIpc) is 2.84. The van der Waals surface area contributed by atoms with Crippen LogP contribution in [0.4, 0.5) is 0 Å². The van der Waals surface area contributed by atoms with Crippen LogP contribution in [0.2, 0.25) is 0 Å². The fourth-order valence-corrected chi connectivity index (χ4v) is 3.11. The highest BCUT2D eigenvalue weighted by atomic mass is 16.5. The number of allylic oxidation sites excluding steroid dienone is 5. The Morgan fingerprint density at radius 2 is 1.68 bits per heavy atom. The number of hydrogen-bond donors (Lipinski definition) is 1. The van der Waals surface area contributed by atoms with Crippen molar-refractivity contribution in [2.45, 2.75) is 77.4 Å². The van der Waals surface area contributed by atoms with Crippen LogP contribution in [-0.4, -0.2) is 35.9 Å². The molecule has 0 fully saturated rings. The van der Waals surface area contributed by atoms with Crippen LogP contribution in [0.15, 0.2) is 78.9 Å². The second-order valence-electron chi connectivity index (χ2n) is 7.93. The van der Waals surface area contributed by atoms with Gasteiger partial charge in [-0.2, -0.15) is 0 Å². The van der Waals surface area contributed by atoms with E-state index in [1.54, 1.807) is 55.5 Å². The summed E-state index contributed by atoms with van der Waals surface area (Å²) in [5.41, 5.74) is 0.484. The van der Waals surface area contributed by atoms with Gasteiger partial charge < -0.3 is 14.6 Å². The van der Waals surface area contributed by atoms with Crippen molar-refractivity contribution in [3.8, 4) is 0 Å². The average molecular weight is 469 g/mol. The van der Waals surface area contributed by atoms with Gasteiger partial charge in [-0.05, 0) is 57.2 Å². The highest BCUT2D eigenvalue weighted by Gasteiger charge is 2.14. The summed E-state index contributed by atoms with van der Waals surface area (Å²) in [6, 6.07) is 8.82. The van der Waals surface area contributed by atoms with Crippen molar-refractivity contribution in [3.05, 3.63) is 84.5 Å². The molecular weight excluding hydrogens is 428 g/mol. The van der Waals surface area contributed by atoms with Gasteiger partial charge in [-0.25, -0.2) is 4.79 Å². The Labute approximate surface area is 204 Å². The number of esters is 2. The smallest absolute Gasteiger partial charge is 0.338 e. The van der Waals surface area contributed by atoms with Crippen molar-refractivity contribution in [2.24, 2.45) is 0 Å². The van der Waals surface area contributed by atoms with E-state index in [2.05, 4.69) is 13.0 Å². The maximum Gasteiger partial charge on any atom is 0.338 e. The second-order valence-corrected chi connectivity index (χ2v) is 7.93. The lowest BCUT2D eigenvalue weighted by molar-refractivity contribution is -0.143. The zero-order valence-electron chi connectivity index (χ0n) is 20.6. The lowest BCUT2D eigenvalue weighted by Gasteiger charge is -2.14. The highest BCUT2D eigenvalue weighted by molar-refractivity contribution is 5.89. The predicted molar refractivity (Wildman–Crippen MR) is 137 cm³/mol. The van der Waals surface area contributed by atoms with Gasteiger partial charge in [-0.1, -0.05) is 80.5 Å². The van der Waals surface area contributed by atoms with Gasteiger partial charge in [-0.3, -0.25) is 4.79 Å². The number of rotatable bonds is 17. The van der Waals surface area contributed by atoms with Gasteiger partial charge in [0.05, 0.1) is 18.3 Å². The summed E-state index contributed by atoms with van der Waals surface area (Å²) in [5, 5.41) is 10.00. The van der Waals surface area contributed by atoms with Crippen molar-refractivity contribution >= 4 is 11.9 Å². The van der Waals surface area contributed by atoms with E-state index >= 15 is 0 Å². The third kappa shape index (κ3) is 15.0. The number of ether oxygens (including phenoxy) is 2. The second kappa shape index (κ2) is 19.5. The van der Waals surface area contributed by atoms with E-state index in [9.17, 15) is 14.7 Å². The molecule has 1 N–H and O–H groups in total. The minimum Gasteiger partial charge on any atom is -0.466 e. The van der Waals surface area contributed by atoms with Crippen molar-refractivity contribution in [3.63, 3.8) is 0 Å². The summed E-state index contributed by atoms with van der Waals surface area (Å²) >= 11 is 0. The molecule has 186 valence electrons. The first-order valence-corrected chi connectivity index (χ1v) is 12.3. The summed E-state index contributed by atoms with van der Waals surface area (Å²) in [7, 11) is 0. The normalized spacial score (nSPS) is 13.7. The summed E-state index contributed by atoms with van der Waals surface area (Å²) in [6.45, 7) is 4.31. The van der Waals surface area contributed by atoms with Crippen molar-refractivity contribution in [1.82, 2.24) is 0 Å². The Morgan fingerprint density at radius 1 is 0.941 bits per heavy atom. The van der Waals surface area contributed by atoms with Crippen molar-refractivity contribution in [1.29, 1.82) is 0 Å². The number of aliphatic hydroxyl groups excluding tert-OH is 1. The Morgan fingerprint density at radius 3 is 2.38 bits per heavy atom. The molecule has 2 atom stereocenters. The lowest BCUT2D eigenvalue weighted by atomic mass is 10.1. The van der Waals surface area contributed by atoms with Crippen LogP contribution in [-0.2, 0) is 14.3 Å². The first-order chi connectivity index (χ1) is 16.6. The summed E-state index contributed by atoms with van der Waals surface area (Å²) in [5.74, 6) is -0.653. The molecule has 1 rings (SSSR count). The quantitative estimate of drug-likeness (QED) is 0.122. The molecule has 0 aliphatic rings. The SMILES string of the molecule is CCCCC/C=C\C[C@@H](O)/C=C/C=CC=C[C@H](CCCC(=O)OCC)OC(=O)c1ccccc1. The Kier molecular flexibility index (Phi) is 16.7. The number of aliphatic hydroxyl groups is 1. The third-order valence-corrected chi connectivity index (χ3v) is 4.95. The fourth-order valence-electron chi connectivity index (χ4n) is 3.11. The molecule has 0 amide bonds. The van der Waals surface area contributed by atoms with Gasteiger partial charge in [0.15, 0.2) is 0 Å². The number of unbranched alkanes of at least 4 members (excludes halogenated alkanes) is 3. The van der Waals surface area contributed by atoms with E-state index in [4.69, 9.17) is 9.47 Å². The molecule has 0 aliphatic carbocycles. The van der Waals surface area contributed by atoms with Gasteiger partial charge in [0.1, 0.15) is 6.10 Å². The maximum atomic E-state index is 12.4. The monoisotopic (exact) mass is 468 g/mol. The van der Waals surface area contributed by atoms with Crippen LogP contribution in [0.3, 0.4) is 0 Å². The van der Waals surface area contributed by atoms with E-state index in [1.165, 1.54) is 19.3 Å². The zero-order chi connectivity index (χ0) is 24.9. The van der Waals surface area contributed by atoms with Gasteiger partial charge in [0, 0.05) is 6.42 Å². The van der Waals surface area contributed by atoms with Gasteiger partial charge in [0.25, 0.3) is 0 Å². The third-order valence-electron chi connectivity index (χ3n) is 4.95. The minimum atomic E-state index is -0.515. The zero-order valence-corrected chi connectivity index (χ0v) is 20.6. The first-order valence-electron chi connectivity index (χ1n) is 12.3. The molecule has 0 aliphatic heterocycles. The molecule has 0 saturated carbocycles. The van der Waals surface area contributed by atoms with E-state index in [0.717, 1.165) is 6.42 Å². The highest BCUT2D eigenvalue weighted by Crippen LogP contribution is 2.12. The van der Waals surface area contributed by atoms with Gasteiger partial charge in [-0.15, -0.1) is 0 Å². The molecule has 0 radical (unpaired) electrons. The molecule has 0 saturated heterocycles.